The zero-order chi connectivity index (χ0) is 21.8. The Balaban J connectivity index is 1.50. The van der Waals surface area contributed by atoms with Gasteiger partial charge in [-0.2, -0.15) is 4.31 Å². The molecule has 1 N–H and O–H groups in total. The second-order valence-corrected chi connectivity index (χ2v) is 10.7. The van der Waals surface area contributed by atoms with Gasteiger partial charge in [-0.15, -0.1) is 11.3 Å². The standard InChI is InChI=1S/C22H21ClN2O4S2/c23-17-10-11-20(29-18-7-2-1-3-8-18)19(14-17)24-22(26)16-6-4-12-25(15-16)31(27,28)21-9-5-13-30-21/h1-3,5,7-11,13-14,16H,4,6,12,15H2,(H,24,26). The summed E-state index contributed by atoms with van der Waals surface area (Å²) in [5, 5.41) is 5.07. The van der Waals surface area contributed by atoms with Gasteiger partial charge in [0.05, 0.1) is 11.6 Å². The molecule has 0 aliphatic carbocycles. The van der Waals surface area contributed by atoms with Crippen LogP contribution in [-0.2, 0) is 14.8 Å². The number of carbonyl (C=O) groups is 1. The molecule has 1 aliphatic heterocycles. The Labute approximate surface area is 190 Å². The zero-order valence-corrected chi connectivity index (χ0v) is 18.9. The SMILES string of the molecule is O=C(Nc1cc(Cl)ccc1Oc1ccccc1)C1CCCN(S(=O)(=O)c2cccs2)C1. The molecule has 1 fully saturated rings. The molecular weight excluding hydrogens is 456 g/mol. The minimum absolute atomic E-state index is 0.140. The molecule has 162 valence electrons. The molecule has 3 aromatic rings. The molecule has 2 heterocycles. The summed E-state index contributed by atoms with van der Waals surface area (Å²) in [7, 11) is -3.59. The molecule has 9 heteroatoms. The molecule has 0 bridgehead atoms. The van der Waals surface area contributed by atoms with E-state index in [0.29, 0.717) is 45.8 Å². The highest BCUT2D eigenvalue weighted by Crippen LogP contribution is 2.33. The lowest BCUT2D eigenvalue weighted by Crippen LogP contribution is -2.43. The van der Waals surface area contributed by atoms with Gasteiger partial charge in [0.25, 0.3) is 10.0 Å². The highest BCUT2D eigenvalue weighted by atomic mass is 35.5. The van der Waals surface area contributed by atoms with Gasteiger partial charge in [0, 0.05) is 18.1 Å². The van der Waals surface area contributed by atoms with Crippen molar-refractivity contribution < 1.29 is 17.9 Å². The molecular formula is C22H21ClN2O4S2. The summed E-state index contributed by atoms with van der Waals surface area (Å²) >= 11 is 7.31. The fraction of sp³-hybridized carbons (Fsp3) is 0.227. The average molecular weight is 477 g/mol. The number of thiophene rings is 1. The van der Waals surface area contributed by atoms with Gasteiger partial charge in [0.15, 0.2) is 5.75 Å². The van der Waals surface area contributed by atoms with Gasteiger partial charge in [-0.3, -0.25) is 4.79 Å². The Hall–Kier alpha value is -2.39. The van der Waals surface area contributed by atoms with E-state index >= 15 is 0 Å². The van der Waals surface area contributed by atoms with Gasteiger partial charge in [0.1, 0.15) is 9.96 Å². The Kier molecular flexibility index (Phi) is 6.62. The predicted molar refractivity (Wildman–Crippen MR) is 122 cm³/mol. The van der Waals surface area contributed by atoms with Crippen LogP contribution in [0.4, 0.5) is 5.69 Å². The fourth-order valence-corrected chi connectivity index (χ4v) is 6.29. The summed E-state index contributed by atoms with van der Waals surface area (Å²) in [6, 6.07) is 17.5. The number of hydrogen-bond acceptors (Lipinski definition) is 5. The van der Waals surface area contributed by atoms with Crippen LogP contribution in [0.2, 0.25) is 5.02 Å². The summed E-state index contributed by atoms with van der Waals surface area (Å²) in [5.41, 5.74) is 0.444. The Morgan fingerprint density at radius 2 is 1.94 bits per heavy atom. The molecule has 31 heavy (non-hydrogen) atoms. The van der Waals surface area contributed by atoms with Crippen LogP contribution in [-0.4, -0.2) is 31.7 Å². The number of nitrogens with one attached hydrogen (secondary N) is 1. The summed E-state index contributed by atoms with van der Waals surface area (Å²) in [4.78, 5) is 13.0. The summed E-state index contributed by atoms with van der Waals surface area (Å²) in [6.45, 7) is 0.547. The van der Waals surface area contributed by atoms with Crippen molar-refractivity contribution in [2.24, 2.45) is 5.92 Å². The maximum atomic E-state index is 13.0. The van der Waals surface area contributed by atoms with Crippen molar-refractivity contribution in [3.8, 4) is 11.5 Å². The largest absolute Gasteiger partial charge is 0.455 e. The van der Waals surface area contributed by atoms with Gasteiger partial charge in [-0.05, 0) is 54.6 Å². The van der Waals surface area contributed by atoms with Crippen molar-refractivity contribution in [3.63, 3.8) is 0 Å². The van der Waals surface area contributed by atoms with E-state index in [1.165, 1.54) is 15.6 Å². The van der Waals surface area contributed by atoms with Crippen LogP contribution >= 0.6 is 22.9 Å². The number of rotatable bonds is 6. The molecule has 4 rings (SSSR count). The molecule has 0 spiro atoms. The third-order valence-corrected chi connectivity index (χ3v) is 8.49. The lowest BCUT2D eigenvalue weighted by Gasteiger charge is -2.31. The van der Waals surface area contributed by atoms with Crippen LogP contribution in [0, 0.1) is 5.92 Å². The van der Waals surface area contributed by atoms with Crippen molar-refractivity contribution in [2.75, 3.05) is 18.4 Å². The lowest BCUT2D eigenvalue weighted by molar-refractivity contribution is -0.120. The number of amides is 1. The molecule has 1 saturated heterocycles. The number of hydrogen-bond donors (Lipinski definition) is 1. The summed E-state index contributed by atoms with van der Waals surface area (Å²) < 4.78 is 33.3. The van der Waals surface area contributed by atoms with Crippen molar-refractivity contribution in [1.82, 2.24) is 4.31 Å². The fourth-order valence-electron chi connectivity index (χ4n) is 3.45. The van der Waals surface area contributed by atoms with E-state index in [2.05, 4.69) is 5.32 Å². The van der Waals surface area contributed by atoms with Crippen molar-refractivity contribution >= 4 is 44.6 Å². The van der Waals surface area contributed by atoms with E-state index in [1.807, 2.05) is 30.3 Å². The minimum atomic E-state index is -3.59. The first-order valence-electron chi connectivity index (χ1n) is 9.80. The van der Waals surface area contributed by atoms with E-state index < -0.39 is 15.9 Å². The van der Waals surface area contributed by atoms with Gasteiger partial charge >= 0.3 is 0 Å². The topological polar surface area (TPSA) is 75.7 Å². The Bertz CT molecular complexity index is 1150. The molecule has 1 aliphatic rings. The maximum Gasteiger partial charge on any atom is 0.252 e. The van der Waals surface area contributed by atoms with Gasteiger partial charge < -0.3 is 10.1 Å². The average Bonchev–Trinajstić information content (AvgIpc) is 3.32. The number of para-hydroxylation sites is 1. The number of benzene rings is 2. The minimum Gasteiger partial charge on any atom is -0.455 e. The van der Waals surface area contributed by atoms with Crippen molar-refractivity contribution in [1.29, 1.82) is 0 Å². The number of nitrogens with zero attached hydrogens (tertiary/aromatic N) is 1. The number of halogens is 1. The lowest BCUT2D eigenvalue weighted by atomic mass is 9.98. The number of anilines is 1. The van der Waals surface area contributed by atoms with Crippen LogP contribution in [0.5, 0.6) is 11.5 Å². The molecule has 2 aromatic carbocycles. The van der Waals surface area contributed by atoms with Crippen LogP contribution in [0.3, 0.4) is 0 Å². The molecule has 1 unspecified atom stereocenters. The van der Waals surface area contributed by atoms with Crippen LogP contribution < -0.4 is 10.1 Å². The van der Waals surface area contributed by atoms with Crippen LogP contribution in [0.15, 0.2) is 70.3 Å². The van der Waals surface area contributed by atoms with Crippen LogP contribution in [0.25, 0.3) is 0 Å². The van der Waals surface area contributed by atoms with Crippen molar-refractivity contribution in [2.45, 2.75) is 17.1 Å². The molecule has 6 nitrogen and oxygen atoms in total. The summed E-state index contributed by atoms with van der Waals surface area (Å²) in [5.74, 6) is 0.368. The highest BCUT2D eigenvalue weighted by molar-refractivity contribution is 7.91. The Morgan fingerprint density at radius 3 is 2.68 bits per heavy atom. The number of ether oxygens (including phenoxy) is 1. The third kappa shape index (κ3) is 5.10. The molecule has 1 amide bonds. The highest BCUT2D eigenvalue weighted by Gasteiger charge is 2.34. The third-order valence-electron chi connectivity index (χ3n) is 5.01. The first-order chi connectivity index (χ1) is 14.9. The smallest absolute Gasteiger partial charge is 0.252 e. The van der Waals surface area contributed by atoms with Crippen molar-refractivity contribution in [3.05, 3.63) is 71.1 Å². The van der Waals surface area contributed by atoms with Gasteiger partial charge in [-0.25, -0.2) is 8.42 Å². The molecule has 0 saturated carbocycles. The number of carbonyl (C=O) groups excluding carboxylic acids is 1. The normalized spacial score (nSPS) is 17.3. The predicted octanol–water partition coefficient (Wildman–Crippen LogP) is 5.23. The van der Waals surface area contributed by atoms with E-state index in [0.717, 1.165) is 0 Å². The quantitative estimate of drug-likeness (QED) is 0.528. The number of sulfonamides is 1. The maximum absolute atomic E-state index is 13.0. The first-order valence-corrected chi connectivity index (χ1v) is 12.5. The molecule has 1 aromatic heterocycles. The molecule has 0 radical (unpaired) electrons. The van der Waals surface area contributed by atoms with E-state index in [1.54, 1.807) is 35.7 Å². The van der Waals surface area contributed by atoms with Gasteiger partial charge in [-0.1, -0.05) is 35.9 Å². The number of piperidine rings is 1. The first kappa shape index (κ1) is 21.8. The van der Waals surface area contributed by atoms with E-state index in [9.17, 15) is 13.2 Å². The van der Waals surface area contributed by atoms with Crippen LogP contribution in [0.1, 0.15) is 12.8 Å². The monoisotopic (exact) mass is 476 g/mol. The van der Waals surface area contributed by atoms with E-state index in [-0.39, 0.29) is 12.5 Å². The van der Waals surface area contributed by atoms with E-state index in [4.69, 9.17) is 16.3 Å². The molecule has 1 atom stereocenters. The Morgan fingerprint density at radius 1 is 1.13 bits per heavy atom. The zero-order valence-electron chi connectivity index (χ0n) is 16.5. The van der Waals surface area contributed by atoms with Gasteiger partial charge in [0.2, 0.25) is 5.91 Å². The second kappa shape index (κ2) is 9.40. The summed E-state index contributed by atoms with van der Waals surface area (Å²) in [6.07, 6.45) is 1.23. The second-order valence-electron chi connectivity index (χ2n) is 7.18.